The van der Waals surface area contributed by atoms with E-state index >= 15 is 0 Å². The van der Waals surface area contributed by atoms with Crippen molar-refractivity contribution >= 4 is 5.97 Å². The normalized spacial score (nSPS) is 27.0. The number of carboxylic acid groups (broad SMARTS) is 1. The van der Waals surface area contributed by atoms with E-state index in [9.17, 15) is 4.79 Å². The van der Waals surface area contributed by atoms with Crippen LogP contribution in [0.2, 0.25) is 0 Å². The second kappa shape index (κ2) is 2.16. The van der Waals surface area contributed by atoms with E-state index in [0.717, 1.165) is 5.06 Å². The highest BCUT2D eigenvalue weighted by molar-refractivity contribution is 5.76. The van der Waals surface area contributed by atoms with Crippen molar-refractivity contribution in [3.05, 3.63) is 12.2 Å². The quantitative estimate of drug-likeness (QED) is 0.477. The highest BCUT2D eigenvalue weighted by Crippen LogP contribution is 2.04. The number of rotatable bonds is 1. The third kappa shape index (κ3) is 1.09. The molecule has 1 atom stereocenters. The van der Waals surface area contributed by atoms with Crippen LogP contribution in [0.3, 0.4) is 0 Å². The molecule has 0 radical (unpaired) electrons. The lowest BCUT2D eigenvalue weighted by atomic mass is 10.3. The fourth-order valence-corrected chi connectivity index (χ4v) is 0.720. The zero-order valence-electron chi connectivity index (χ0n) is 4.69. The summed E-state index contributed by atoms with van der Waals surface area (Å²) >= 11 is 0. The van der Waals surface area contributed by atoms with Gasteiger partial charge in [-0.15, -0.1) is 0 Å². The van der Waals surface area contributed by atoms with Gasteiger partial charge in [0.25, 0.3) is 0 Å². The van der Waals surface area contributed by atoms with E-state index < -0.39 is 12.0 Å². The van der Waals surface area contributed by atoms with Crippen LogP contribution in [0.25, 0.3) is 0 Å². The Morgan fingerprint density at radius 1 is 1.78 bits per heavy atom. The lowest BCUT2D eigenvalue weighted by molar-refractivity contribution is -0.158. The second-order valence-electron chi connectivity index (χ2n) is 1.83. The van der Waals surface area contributed by atoms with E-state index in [4.69, 9.17) is 10.3 Å². The van der Waals surface area contributed by atoms with Crippen molar-refractivity contribution in [3.8, 4) is 0 Å². The maximum Gasteiger partial charge on any atom is 0.327 e. The van der Waals surface area contributed by atoms with Gasteiger partial charge in [-0.2, -0.15) is 5.06 Å². The molecule has 0 bridgehead atoms. The van der Waals surface area contributed by atoms with Crippen LogP contribution >= 0.6 is 0 Å². The Labute approximate surface area is 52.0 Å². The number of aliphatic carboxylic acids is 1. The summed E-state index contributed by atoms with van der Waals surface area (Å²) in [4.78, 5) is 10.2. The first-order valence-corrected chi connectivity index (χ1v) is 2.57. The molecule has 0 aromatic rings. The fraction of sp³-hybridized carbons (Fsp3) is 0.400. The molecule has 0 spiro atoms. The zero-order valence-corrected chi connectivity index (χ0v) is 4.69. The first-order valence-electron chi connectivity index (χ1n) is 2.57. The van der Waals surface area contributed by atoms with E-state index in [0.29, 0.717) is 6.54 Å². The summed E-state index contributed by atoms with van der Waals surface area (Å²) in [5, 5.41) is 17.8. The molecule has 50 valence electrons. The molecule has 1 aliphatic rings. The van der Waals surface area contributed by atoms with Gasteiger partial charge in [-0.1, -0.05) is 12.2 Å². The van der Waals surface area contributed by atoms with E-state index in [1.54, 1.807) is 6.08 Å². The molecule has 4 nitrogen and oxygen atoms in total. The van der Waals surface area contributed by atoms with Gasteiger partial charge in [-0.3, -0.25) is 4.79 Å². The molecule has 0 fully saturated rings. The Morgan fingerprint density at radius 3 is 2.67 bits per heavy atom. The van der Waals surface area contributed by atoms with Crippen LogP contribution < -0.4 is 0 Å². The summed E-state index contributed by atoms with van der Waals surface area (Å²) in [6.45, 7) is 0.303. The Kier molecular flexibility index (Phi) is 1.50. The smallest absolute Gasteiger partial charge is 0.327 e. The van der Waals surface area contributed by atoms with Crippen LogP contribution in [0.5, 0.6) is 0 Å². The molecule has 0 saturated heterocycles. The molecular weight excluding hydrogens is 122 g/mol. The van der Waals surface area contributed by atoms with Gasteiger partial charge in [0, 0.05) is 6.54 Å². The van der Waals surface area contributed by atoms with Gasteiger partial charge in [0.15, 0.2) is 6.04 Å². The molecule has 9 heavy (non-hydrogen) atoms. The van der Waals surface area contributed by atoms with Crippen LogP contribution in [0, 0.1) is 0 Å². The lowest BCUT2D eigenvalue weighted by Crippen LogP contribution is -2.33. The standard InChI is InChI=1S/C5H7NO3/c7-5(8)4-2-1-3-6(4)9/h1-2,4,9H,3H2,(H,7,8). The van der Waals surface area contributed by atoms with Crippen molar-refractivity contribution in [2.24, 2.45) is 0 Å². The number of carbonyl (C=O) groups is 1. The number of hydrogen-bond acceptors (Lipinski definition) is 3. The van der Waals surface area contributed by atoms with Crippen LogP contribution in [0.1, 0.15) is 0 Å². The van der Waals surface area contributed by atoms with E-state index in [-0.39, 0.29) is 0 Å². The number of nitrogens with zero attached hydrogens (tertiary/aromatic N) is 1. The Bertz CT molecular complexity index is 154. The van der Waals surface area contributed by atoms with E-state index in [1.165, 1.54) is 6.08 Å². The van der Waals surface area contributed by atoms with Crippen LogP contribution in [-0.2, 0) is 4.79 Å². The maximum atomic E-state index is 10.2. The number of hydrogen-bond donors (Lipinski definition) is 2. The molecule has 0 aliphatic carbocycles. The largest absolute Gasteiger partial charge is 0.480 e. The molecule has 4 heteroatoms. The van der Waals surface area contributed by atoms with Crippen LogP contribution in [-0.4, -0.2) is 33.9 Å². The summed E-state index contributed by atoms with van der Waals surface area (Å²) in [6, 6.07) is -0.843. The average Bonchev–Trinajstić information content (AvgIpc) is 2.13. The molecule has 0 saturated carbocycles. The third-order valence-electron chi connectivity index (χ3n) is 1.18. The van der Waals surface area contributed by atoms with Crippen LogP contribution in [0.4, 0.5) is 0 Å². The van der Waals surface area contributed by atoms with Gasteiger partial charge in [0.05, 0.1) is 0 Å². The zero-order chi connectivity index (χ0) is 6.85. The lowest BCUT2D eigenvalue weighted by Gasteiger charge is -2.10. The average molecular weight is 129 g/mol. The van der Waals surface area contributed by atoms with Gasteiger partial charge < -0.3 is 10.3 Å². The molecule has 2 N–H and O–H groups in total. The highest BCUT2D eigenvalue weighted by atomic mass is 16.5. The Hall–Kier alpha value is -0.870. The number of carboxylic acids is 1. The van der Waals surface area contributed by atoms with Gasteiger partial charge >= 0.3 is 5.97 Å². The van der Waals surface area contributed by atoms with Crippen molar-refractivity contribution in [1.82, 2.24) is 5.06 Å². The minimum Gasteiger partial charge on any atom is -0.480 e. The highest BCUT2D eigenvalue weighted by Gasteiger charge is 2.23. The molecule has 1 unspecified atom stereocenters. The van der Waals surface area contributed by atoms with E-state index in [1.807, 2.05) is 0 Å². The SMILES string of the molecule is O=C(O)C1C=CCN1O. The van der Waals surface area contributed by atoms with Crippen molar-refractivity contribution < 1.29 is 15.1 Å². The predicted molar refractivity (Wildman–Crippen MR) is 29.1 cm³/mol. The first-order chi connectivity index (χ1) is 4.22. The third-order valence-corrected chi connectivity index (χ3v) is 1.18. The van der Waals surface area contributed by atoms with Crippen molar-refractivity contribution in [2.75, 3.05) is 6.54 Å². The topological polar surface area (TPSA) is 60.8 Å². The molecule has 1 rings (SSSR count). The second-order valence-corrected chi connectivity index (χ2v) is 1.83. The van der Waals surface area contributed by atoms with Gasteiger partial charge in [-0.05, 0) is 0 Å². The summed E-state index contributed by atoms with van der Waals surface area (Å²) < 4.78 is 0. The van der Waals surface area contributed by atoms with E-state index in [2.05, 4.69) is 0 Å². The first kappa shape index (κ1) is 6.25. The van der Waals surface area contributed by atoms with Crippen LogP contribution in [0.15, 0.2) is 12.2 Å². The molecule has 0 aromatic heterocycles. The Balaban J connectivity index is 2.59. The minimum absolute atomic E-state index is 0.303. The van der Waals surface area contributed by atoms with Gasteiger partial charge in [0.2, 0.25) is 0 Å². The molecule has 1 aliphatic heterocycles. The molecular formula is C5H7NO3. The summed E-state index contributed by atoms with van der Waals surface area (Å²) in [6.07, 6.45) is 3.06. The van der Waals surface area contributed by atoms with Crippen molar-refractivity contribution in [2.45, 2.75) is 6.04 Å². The predicted octanol–water partition coefficient (Wildman–Crippen LogP) is -0.299. The van der Waals surface area contributed by atoms with Crippen molar-refractivity contribution in [3.63, 3.8) is 0 Å². The van der Waals surface area contributed by atoms with Crippen molar-refractivity contribution in [1.29, 1.82) is 0 Å². The van der Waals surface area contributed by atoms with Gasteiger partial charge in [0.1, 0.15) is 0 Å². The molecule has 1 heterocycles. The summed E-state index contributed by atoms with van der Waals surface area (Å²) in [5.74, 6) is -1.02. The minimum atomic E-state index is -1.02. The van der Waals surface area contributed by atoms with Gasteiger partial charge in [-0.25, -0.2) is 0 Å². The fourth-order valence-electron chi connectivity index (χ4n) is 0.720. The monoisotopic (exact) mass is 129 g/mol. The summed E-state index contributed by atoms with van der Waals surface area (Å²) in [5.41, 5.74) is 0. The maximum absolute atomic E-state index is 10.2. The summed E-state index contributed by atoms with van der Waals surface area (Å²) in [7, 11) is 0. The Morgan fingerprint density at radius 2 is 2.44 bits per heavy atom. The molecule has 0 aromatic carbocycles. The number of hydroxylamine groups is 2. The molecule has 0 amide bonds.